The van der Waals surface area contributed by atoms with Crippen LogP contribution in [0.3, 0.4) is 0 Å². The summed E-state index contributed by atoms with van der Waals surface area (Å²) in [5.41, 5.74) is -0.282. The predicted molar refractivity (Wildman–Crippen MR) is 110 cm³/mol. The van der Waals surface area contributed by atoms with Crippen molar-refractivity contribution in [3.8, 4) is 5.75 Å². The number of hydrogen-bond acceptors (Lipinski definition) is 6. The maximum absolute atomic E-state index is 14.0. The minimum absolute atomic E-state index is 0.0785. The molecule has 8 heteroatoms. The zero-order chi connectivity index (χ0) is 21.8. The van der Waals surface area contributed by atoms with Crippen molar-refractivity contribution >= 4 is 23.5 Å². The monoisotopic (exact) mass is 409 g/mol. The maximum Gasteiger partial charge on any atom is 0.319 e. The van der Waals surface area contributed by atoms with Gasteiger partial charge in [-0.25, -0.2) is 0 Å². The van der Waals surface area contributed by atoms with Crippen molar-refractivity contribution in [1.29, 1.82) is 5.41 Å². The fourth-order valence-electron chi connectivity index (χ4n) is 4.81. The van der Waals surface area contributed by atoms with Crippen molar-refractivity contribution in [3.05, 3.63) is 57.5 Å². The number of esters is 1. The highest BCUT2D eigenvalue weighted by atomic mass is 16.5. The van der Waals surface area contributed by atoms with E-state index >= 15 is 0 Å². The number of carbonyl (C=O) groups excluding carboxylic acids is 2. The minimum Gasteiger partial charge on any atom is -0.468 e. The van der Waals surface area contributed by atoms with Gasteiger partial charge in [0.05, 0.1) is 12.7 Å². The number of benzene rings is 1. The van der Waals surface area contributed by atoms with E-state index in [9.17, 15) is 14.4 Å². The van der Waals surface area contributed by atoms with Gasteiger partial charge in [0.15, 0.2) is 5.92 Å². The largest absolute Gasteiger partial charge is 0.468 e. The van der Waals surface area contributed by atoms with Crippen LogP contribution in [0.2, 0.25) is 0 Å². The van der Waals surface area contributed by atoms with E-state index in [2.05, 4.69) is 0 Å². The molecular formula is C22H23N3O5. The molecule has 1 aromatic carbocycles. The molecule has 1 aromatic heterocycles. The molecule has 4 rings (SSSR count). The molecule has 30 heavy (non-hydrogen) atoms. The standard InChI is InChI=1S/C22H23N3O5/c1-5-24-12(3)11-15-16(19(24)26)22(17(18(23)30-15)20(27)29-4)13-9-7-8-10-14(13)25(6-2)21(22)28/h7-11,17,23H,5-6H2,1-4H3. The third kappa shape index (κ3) is 2.27. The number of aryl methyl sites for hydroxylation is 1. The Kier molecular flexibility index (Phi) is 4.52. The Bertz CT molecular complexity index is 1150. The first kappa shape index (κ1) is 19.9. The first-order valence-corrected chi connectivity index (χ1v) is 9.84. The van der Waals surface area contributed by atoms with E-state index in [0.717, 1.165) is 0 Å². The number of amides is 1. The first-order valence-electron chi connectivity index (χ1n) is 9.84. The van der Waals surface area contributed by atoms with Crippen LogP contribution < -0.4 is 15.2 Å². The molecule has 1 spiro atoms. The van der Waals surface area contributed by atoms with Crippen molar-refractivity contribution in [2.24, 2.45) is 5.92 Å². The molecule has 0 bridgehead atoms. The van der Waals surface area contributed by atoms with Gasteiger partial charge in [-0.05, 0) is 32.4 Å². The van der Waals surface area contributed by atoms with E-state index < -0.39 is 34.7 Å². The summed E-state index contributed by atoms with van der Waals surface area (Å²) in [7, 11) is 1.20. The number of nitrogens with one attached hydrogen (secondary N) is 1. The molecule has 1 amide bonds. The van der Waals surface area contributed by atoms with Crippen LogP contribution in [-0.2, 0) is 26.3 Å². The normalized spacial score (nSPS) is 22.0. The second-order valence-electron chi connectivity index (χ2n) is 7.37. The minimum atomic E-state index is -1.72. The lowest BCUT2D eigenvalue weighted by Gasteiger charge is -2.39. The number of hydrogen-bond donors (Lipinski definition) is 1. The van der Waals surface area contributed by atoms with Gasteiger partial charge in [-0.3, -0.25) is 19.8 Å². The quantitative estimate of drug-likeness (QED) is 0.781. The topological polar surface area (TPSA) is 102 Å². The van der Waals surface area contributed by atoms with E-state index in [0.29, 0.717) is 30.0 Å². The van der Waals surface area contributed by atoms with Gasteiger partial charge in [0.2, 0.25) is 11.8 Å². The Morgan fingerprint density at radius 3 is 2.57 bits per heavy atom. The lowest BCUT2D eigenvalue weighted by Crippen LogP contribution is -2.58. The van der Waals surface area contributed by atoms with Crippen LogP contribution in [0.15, 0.2) is 35.1 Å². The van der Waals surface area contributed by atoms with Gasteiger partial charge in [-0.1, -0.05) is 18.2 Å². The van der Waals surface area contributed by atoms with E-state index in [1.807, 2.05) is 13.8 Å². The Hall–Kier alpha value is -3.42. The van der Waals surface area contributed by atoms with Gasteiger partial charge in [-0.2, -0.15) is 0 Å². The second-order valence-corrected chi connectivity index (χ2v) is 7.37. The molecule has 3 heterocycles. The summed E-state index contributed by atoms with van der Waals surface area (Å²) < 4.78 is 12.2. The molecule has 2 aliphatic rings. The molecule has 2 aliphatic heterocycles. The second kappa shape index (κ2) is 6.83. The van der Waals surface area contributed by atoms with Crippen molar-refractivity contribution in [2.45, 2.75) is 32.7 Å². The fourth-order valence-corrected chi connectivity index (χ4v) is 4.81. The number of rotatable bonds is 3. The highest BCUT2D eigenvalue weighted by molar-refractivity contribution is 6.18. The summed E-state index contributed by atoms with van der Waals surface area (Å²) >= 11 is 0. The van der Waals surface area contributed by atoms with Gasteiger partial charge in [0.1, 0.15) is 11.2 Å². The summed E-state index contributed by atoms with van der Waals surface area (Å²) in [6, 6.07) is 8.72. The number of pyridine rings is 1. The number of carbonyl (C=O) groups is 2. The summed E-state index contributed by atoms with van der Waals surface area (Å²) in [6.45, 7) is 6.16. The number of nitrogens with zero attached hydrogens (tertiary/aromatic N) is 2. The van der Waals surface area contributed by atoms with Gasteiger partial charge in [-0.15, -0.1) is 0 Å². The Morgan fingerprint density at radius 2 is 1.93 bits per heavy atom. The highest BCUT2D eigenvalue weighted by Crippen LogP contribution is 2.54. The Labute approximate surface area is 173 Å². The average molecular weight is 409 g/mol. The number of methoxy groups -OCH3 is 1. The number of fused-ring (bicyclic) bond motifs is 4. The molecule has 0 fully saturated rings. The fraction of sp³-hybridized carbons (Fsp3) is 0.364. The summed E-state index contributed by atoms with van der Waals surface area (Å²) in [5, 5.41) is 8.49. The molecule has 1 N–H and O–H groups in total. The van der Waals surface area contributed by atoms with Crippen LogP contribution in [0.4, 0.5) is 5.69 Å². The number of anilines is 1. The first-order chi connectivity index (χ1) is 14.3. The zero-order valence-corrected chi connectivity index (χ0v) is 17.3. The maximum atomic E-state index is 14.0. The molecular weight excluding hydrogens is 386 g/mol. The van der Waals surface area contributed by atoms with Crippen LogP contribution >= 0.6 is 0 Å². The van der Waals surface area contributed by atoms with Crippen molar-refractivity contribution in [2.75, 3.05) is 18.6 Å². The molecule has 2 atom stereocenters. The van der Waals surface area contributed by atoms with Crippen LogP contribution in [0, 0.1) is 18.3 Å². The number of para-hydroxylation sites is 1. The molecule has 0 aliphatic carbocycles. The molecule has 2 aromatic rings. The van der Waals surface area contributed by atoms with Gasteiger partial charge in [0.25, 0.3) is 5.56 Å². The van der Waals surface area contributed by atoms with Crippen molar-refractivity contribution in [1.82, 2.24) is 4.57 Å². The van der Waals surface area contributed by atoms with E-state index in [1.165, 1.54) is 11.7 Å². The molecule has 2 unspecified atom stereocenters. The summed E-state index contributed by atoms with van der Waals surface area (Å²) in [6.07, 6.45) is 0. The van der Waals surface area contributed by atoms with Gasteiger partial charge >= 0.3 is 5.97 Å². The van der Waals surface area contributed by atoms with E-state index in [4.69, 9.17) is 14.9 Å². The van der Waals surface area contributed by atoms with E-state index in [-0.39, 0.29) is 11.3 Å². The molecule has 0 saturated carbocycles. The van der Waals surface area contributed by atoms with Crippen molar-refractivity contribution < 1.29 is 19.1 Å². The number of aromatic nitrogens is 1. The highest BCUT2D eigenvalue weighted by Gasteiger charge is 2.65. The van der Waals surface area contributed by atoms with Crippen LogP contribution in [0.1, 0.15) is 30.7 Å². The van der Waals surface area contributed by atoms with Gasteiger partial charge in [0, 0.05) is 30.5 Å². The predicted octanol–water partition coefficient (Wildman–Crippen LogP) is 1.99. The SMILES string of the molecule is CCN1C(=O)C2(c3ccccc31)c1c(cc(C)n(CC)c1=O)OC(=N)C2C(=O)OC. The third-order valence-corrected chi connectivity index (χ3v) is 6.05. The zero-order valence-electron chi connectivity index (χ0n) is 17.3. The summed E-state index contributed by atoms with van der Waals surface area (Å²) in [4.78, 5) is 42.0. The number of ether oxygens (including phenoxy) is 2. The molecule has 0 saturated heterocycles. The molecule has 0 radical (unpaired) electrons. The lowest BCUT2D eigenvalue weighted by atomic mass is 9.64. The summed E-state index contributed by atoms with van der Waals surface area (Å²) in [5.74, 6) is -2.91. The number of likely N-dealkylation sites (N-methyl/N-ethyl adjacent to an activating group) is 1. The van der Waals surface area contributed by atoms with Crippen molar-refractivity contribution in [3.63, 3.8) is 0 Å². The van der Waals surface area contributed by atoms with Crippen LogP contribution in [0.25, 0.3) is 0 Å². The van der Waals surface area contributed by atoms with Crippen LogP contribution in [0.5, 0.6) is 5.75 Å². The van der Waals surface area contributed by atoms with Gasteiger partial charge < -0.3 is 18.9 Å². The smallest absolute Gasteiger partial charge is 0.319 e. The third-order valence-electron chi connectivity index (χ3n) is 6.05. The molecule has 8 nitrogen and oxygen atoms in total. The van der Waals surface area contributed by atoms with E-state index in [1.54, 1.807) is 42.2 Å². The Morgan fingerprint density at radius 1 is 1.23 bits per heavy atom. The van der Waals surface area contributed by atoms with Crippen LogP contribution in [-0.4, -0.2) is 36.0 Å². The lowest BCUT2D eigenvalue weighted by molar-refractivity contribution is -0.147. The Balaban J connectivity index is 2.21. The average Bonchev–Trinajstić information content (AvgIpc) is 2.96. The molecule has 156 valence electrons.